The third-order valence-electron chi connectivity index (χ3n) is 4.43. The van der Waals surface area contributed by atoms with Gasteiger partial charge >= 0.3 is 6.09 Å². The molecule has 27 heavy (non-hydrogen) atoms. The Bertz CT molecular complexity index is 613. The molecule has 1 aromatic rings. The second kappa shape index (κ2) is 11.3. The van der Waals surface area contributed by atoms with Gasteiger partial charge in [-0.05, 0) is 50.3 Å². The summed E-state index contributed by atoms with van der Waals surface area (Å²) in [4.78, 5) is 17.9. The molecule has 0 spiro atoms. The number of carbonyl (C=O) groups is 1. The fourth-order valence-corrected chi connectivity index (χ4v) is 2.99. The number of aliphatic imine (C=N–C) groups is 1. The molecule has 0 unspecified atom stereocenters. The van der Waals surface area contributed by atoms with E-state index >= 15 is 0 Å². The van der Waals surface area contributed by atoms with Crippen LogP contribution in [-0.4, -0.2) is 55.8 Å². The van der Waals surface area contributed by atoms with Gasteiger partial charge in [-0.2, -0.15) is 0 Å². The van der Waals surface area contributed by atoms with E-state index in [0.717, 1.165) is 38.0 Å². The molecule has 7 nitrogen and oxygen atoms in total. The number of nitrogens with two attached hydrogens (primary N) is 1. The number of carbonyl (C=O) groups excluding carboxylic acids is 1. The Morgan fingerprint density at radius 3 is 2.81 bits per heavy atom. The zero-order valence-electron chi connectivity index (χ0n) is 16.4. The first kappa shape index (κ1) is 20.9. The molecule has 0 atom stereocenters. The molecule has 0 bridgehead atoms. The number of hydrogen-bond acceptors (Lipinski definition) is 4. The van der Waals surface area contributed by atoms with E-state index in [9.17, 15) is 4.79 Å². The molecule has 0 radical (unpaired) electrons. The van der Waals surface area contributed by atoms with E-state index in [2.05, 4.69) is 29.4 Å². The number of ether oxygens (including phenoxy) is 2. The van der Waals surface area contributed by atoms with Gasteiger partial charge in [0.15, 0.2) is 5.96 Å². The smallest absolute Gasteiger partial charge is 0.409 e. The van der Waals surface area contributed by atoms with Crippen molar-refractivity contribution in [1.29, 1.82) is 0 Å². The number of likely N-dealkylation sites (tertiary alicyclic amines) is 1. The van der Waals surface area contributed by atoms with Crippen LogP contribution in [0, 0.1) is 0 Å². The molecule has 1 aliphatic heterocycles. The van der Waals surface area contributed by atoms with Gasteiger partial charge in [0, 0.05) is 25.7 Å². The number of piperidine rings is 1. The number of hydrogen-bond donors (Lipinski definition) is 2. The van der Waals surface area contributed by atoms with E-state index in [1.165, 1.54) is 5.56 Å². The lowest BCUT2D eigenvalue weighted by molar-refractivity contribution is 0.0963. The maximum atomic E-state index is 11.7. The summed E-state index contributed by atoms with van der Waals surface area (Å²) in [5.41, 5.74) is 7.20. The SMILES string of the molecule is CCCOc1cccc(CCN=C(N)NC2CCN(C(=O)OCC)CC2)c1. The van der Waals surface area contributed by atoms with Crippen LogP contribution < -0.4 is 15.8 Å². The van der Waals surface area contributed by atoms with Crippen LogP contribution in [-0.2, 0) is 11.2 Å². The van der Waals surface area contributed by atoms with Crippen LogP contribution in [0.25, 0.3) is 0 Å². The van der Waals surface area contributed by atoms with Crippen molar-refractivity contribution in [3.63, 3.8) is 0 Å². The maximum Gasteiger partial charge on any atom is 0.409 e. The van der Waals surface area contributed by atoms with Gasteiger partial charge in [0.2, 0.25) is 0 Å². The van der Waals surface area contributed by atoms with E-state index < -0.39 is 0 Å². The van der Waals surface area contributed by atoms with E-state index in [1.807, 2.05) is 19.1 Å². The number of benzene rings is 1. The summed E-state index contributed by atoms with van der Waals surface area (Å²) >= 11 is 0. The van der Waals surface area contributed by atoms with Crippen molar-refractivity contribution >= 4 is 12.1 Å². The van der Waals surface area contributed by atoms with Crippen LogP contribution in [0.3, 0.4) is 0 Å². The highest BCUT2D eigenvalue weighted by molar-refractivity contribution is 5.78. The first-order chi connectivity index (χ1) is 13.1. The van der Waals surface area contributed by atoms with E-state index in [1.54, 1.807) is 4.90 Å². The van der Waals surface area contributed by atoms with E-state index in [0.29, 0.717) is 32.2 Å². The summed E-state index contributed by atoms with van der Waals surface area (Å²) in [6.07, 6.45) is 3.25. The topological polar surface area (TPSA) is 89.2 Å². The molecule has 1 fully saturated rings. The molecule has 150 valence electrons. The quantitative estimate of drug-likeness (QED) is 0.538. The number of nitrogens with one attached hydrogen (secondary N) is 1. The zero-order valence-corrected chi connectivity index (χ0v) is 16.4. The Morgan fingerprint density at radius 1 is 1.33 bits per heavy atom. The average molecular weight is 377 g/mol. The molecule has 3 N–H and O–H groups in total. The molecular weight excluding hydrogens is 344 g/mol. The van der Waals surface area contributed by atoms with Gasteiger partial charge in [0.05, 0.1) is 13.2 Å². The molecule has 0 aliphatic carbocycles. The molecule has 1 aromatic carbocycles. The van der Waals surface area contributed by atoms with Crippen molar-refractivity contribution in [2.75, 3.05) is 32.8 Å². The number of amides is 1. The van der Waals surface area contributed by atoms with Crippen molar-refractivity contribution in [1.82, 2.24) is 10.2 Å². The number of nitrogens with zero attached hydrogens (tertiary/aromatic N) is 2. The Kier molecular flexibility index (Phi) is 8.74. The summed E-state index contributed by atoms with van der Waals surface area (Å²) in [7, 11) is 0. The number of rotatable bonds is 8. The van der Waals surface area contributed by atoms with E-state index in [-0.39, 0.29) is 12.1 Å². The molecule has 1 aliphatic rings. The number of guanidine groups is 1. The first-order valence-corrected chi connectivity index (χ1v) is 9.82. The summed E-state index contributed by atoms with van der Waals surface area (Å²) in [6.45, 7) is 7.02. The summed E-state index contributed by atoms with van der Waals surface area (Å²) in [5, 5.41) is 3.26. The molecule has 7 heteroatoms. The standard InChI is InChI=1S/C20H32N4O3/c1-3-14-27-18-7-5-6-16(15-18)8-11-22-19(21)23-17-9-12-24(13-10-17)20(25)26-4-2/h5-7,15,17H,3-4,8-14H2,1-2H3,(H3,21,22,23). The Hall–Kier alpha value is -2.44. The summed E-state index contributed by atoms with van der Waals surface area (Å²) < 4.78 is 10.7. The normalized spacial score (nSPS) is 15.5. The Labute approximate surface area is 161 Å². The fraction of sp³-hybridized carbons (Fsp3) is 0.600. The maximum absolute atomic E-state index is 11.7. The largest absolute Gasteiger partial charge is 0.494 e. The highest BCUT2D eigenvalue weighted by Gasteiger charge is 2.23. The molecule has 0 saturated carbocycles. The van der Waals surface area contributed by atoms with Crippen molar-refractivity contribution in [2.24, 2.45) is 10.7 Å². The summed E-state index contributed by atoms with van der Waals surface area (Å²) in [5.74, 6) is 1.36. The fourth-order valence-electron chi connectivity index (χ4n) is 2.99. The third kappa shape index (κ3) is 7.37. The Morgan fingerprint density at radius 2 is 2.11 bits per heavy atom. The molecule has 1 heterocycles. The van der Waals surface area contributed by atoms with E-state index in [4.69, 9.17) is 15.2 Å². The molecule has 1 amide bonds. The van der Waals surface area contributed by atoms with Crippen molar-refractivity contribution in [3.05, 3.63) is 29.8 Å². The van der Waals surface area contributed by atoms with Gasteiger partial charge < -0.3 is 25.4 Å². The van der Waals surface area contributed by atoms with Crippen LogP contribution >= 0.6 is 0 Å². The van der Waals surface area contributed by atoms with Gasteiger partial charge in [0.25, 0.3) is 0 Å². The van der Waals surface area contributed by atoms with Crippen molar-refractivity contribution in [2.45, 2.75) is 45.6 Å². The lowest BCUT2D eigenvalue weighted by Crippen LogP contribution is -2.48. The second-order valence-electron chi connectivity index (χ2n) is 6.62. The third-order valence-corrected chi connectivity index (χ3v) is 4.43. The predicted octanol–water partition coefficient (Wildman–Crippen LogP) is 2.54. The van der Waals surface area contributed by atoms with Gasteiger partial charge in [-0.15, -0.1) is 0 Å². The highest BCUT2D eigenvalue weighted by atomic mass is 16.6. The van der Waals surface area contributed by atoms with Crippen LogP contribution in [0.4, 0.5) is 4.79 Å². The lowest BCUT2D eigenvalue weighted by atomic mass is 10.1. The zero-order chi connectivity index (χ0) is 19.5. The van der Waals surface area contributed by atoms with Crippen molar-refractivity contribution < 1.29 is 14.3 Å². The predicted molar refractivity (Wildman–Crippen MR) is 107 cm³/mol. The molecular formula is C20H32N4O3. The van der Waals surface area contributed by atoms with Gasteiger partial charge in [-0.25, -0.2) is 4.79 Å². The average Bonchev–Trinajstić information content (AvgIpc) is 2.67. The van der Waals surface area contributed by atoms with Crippen LogP contribution in [0.5, 0.6) is 5.75 Å². The Balaban J connectivity index is 1.71. The molecule has 0 aromatic heterocycles. The van der Waals surface area contributed by atoms with Gasteiger partial charge in [-0.1, -0.05) is 19.1 Å². The summed E-state index contributed by atoms with van der Waals surface area (Å²) in [6, 6.07) is 8.35. The van der Waals surface area contributed by atoms with Crippen molar-refractivity contribution in [3.8, 4) is 5.75 Å². The van der Waals surface area contributed by atoms with Gasteiger partial charge in [-0.3, -0.25) is 4.99 Å². The second-order valence-corrected chi connectivity index (χ2v) is 6.62. The van der Waals surface area contributed by atoms with Crippen LogP contribution in [0.2, 0.25) is 0 Å². The van der Waals surface area contributed by atoms with Crippen LogP contribution in [0.15, 0.2) is 29.3 Å². The minimum absolute atomic E-state index is 0.234. The molecule has 1 saturated heterocycles. The van der Waals surface area contributed by atoms with Gasteiger partial charge in [0.1, 0.15) is 5.75 Å². The lowest BCUT2D eigenvalue weighted by Gasteiger charge is -2.31. The molecule has 2 rings (SSSR count). The monoisotopic (exact) mass is 376 g/mol. The minimum atomic E-state index is -0.234. The minimum Gasteiger partial charge on any atom is -0.494 e. The van der Waals surface area contributed by atoms with Crippen LogP contribution in [0.1, 0.15) is 38.7 Å². The highest BCUT2D eigenvalue weighted by Crippen LogP contribution is 2.14. The first-order valence-electron chi connectivity index (χ1n) is 9.82.